The van der Waals surface area contributed by atoms with Gasteiger partial charge < -0.3 is 10.1 Å². The highest BCUT2D eigenvalue weighted by Gasteiger charge is 2.15. The number of amides is 1. The molecule has 138 valence electrons. The third-order valence-corrected chi connectivity index (χ3v) is 4.14. The Morgan fingerprint density at radius 2 is 1.96 bits per heavy atom. The smallest absolute Gasteiger partial charge is 0.340 e. The number of hydrogen-bond acceptors (Lipinski definition) is 4. The van der Waals surface area contributed by atoms with Crippen LogP contribution in [0.3, 0.4) is 0 Å². The number of carbonyl (C=O) groups is 2. The first-order chi connectivity index (χ1) is 13.0. The van der Waals surface area contributed by atoms with Gasteiger partial charge in [-0.25, -0.2) is 9.18 Å². The lowest BCUT2D eigenvalue weighted by Gasteiger charge is -2.09. The molecule has 5 nitrogen and oxygen atoms in total. The predicted molar refractivity (Wildman–Crippen MR) is 101 cm³/mol. The van der Waals surface area contributed by atoms with Crippen LogP contribution < -0.4 is 5.32 Å². The van der Waals surface area contributed by atoms with Crippen LogP contribution in [-0.4, -0.2) is 23.5 Å². The van der Waals surface area contributed by atoms with Crippen LogP contribution in [-0.2, 0) is 16.0 Å². The lowest BCUT2D eigenvalue weighted by atomic mass is 10.1. The highest BCUT2D eigenvalue weighted by Crippen LogP contribution is 2.18. The van der Waals surface area contributed by atoms with E-state index in [0.717, 1.165) is 12.0 Å². The molecular formula is C21H19FN2O3. The van der Waals surface area contributed by atoms with Gasteiger partial charge in [0.1, 0.15) is 5.82 Å². The molecule has 0 aliphatic rings. The Balaban J connectivity index is 1.66. The van der Waals surface area contributed by atoms with E-state index in [0.29, 0.717) is 22.3 Å². The average molecular weight is 366 g/mol. The third-order valence-electron chi connectivity index (χ3n) is 4.14. The van der Waals surface area contributed by atoms with Crippen LogP contribution in [0.2, 0.25) is 0 Å². The number of rotatable bonds is 5. The average Bonchev–Trinajstić information content (AvgIpc) is 2.65. The molecule has 1 heterocycles. The van der Waals surface area contributed by atoms with Crippen molar-refractivity contribution in [3.05, 3.63) is 71.2 Å². The minimum absolute atomic E-state index is 0.245. The third kappa shape index (κ3) is 4.47. The molecule has 3 rings (SSSR count). The van der Waals surface area contributed by atoms with Crippen molar-refractivity contribution in [3.63, 3.8) is 0 Å². The number of aromatic nitrogens is 1. The summed E-state index contributed by atoms with van der Waals surface area (Å²) in [5.74, 6) is -1.47. The number of carbonyl (C=O) groups excluding carboxylic acids is 2. The molecule has 0 spiro atoms. The van der Waals surface area contributed by atoms with Crippen molar-refractivity contribution in [3.8, 4) is 0 Å². The van der Waals surface area contributed by atoms with E-state index in [9.17, 15) is 14.0 Å². The van der Waals surface area contributed by atoms with Crippen molar-refractivity contribution < 1.29 is 18.7 Å². The summed E-state index contributed by atoms with van der Waals surface area (Å²) in [4.78, 5) is 28.6. The molecule has 0 aliphatic carbocycles. The molecule has 1 N–H and O–H groups in total. The van der Waals surface area contributed by atoms with E-state index >= 15 is 0 Å². The van der Waals surface area contributed by atoms with E-state index in [1.807, 2.05) is 25.1 Å². The van der Waals surface area contributed by atoms with Gasteiger partial charge >= 0.3 is 5.97 Å². The normalized spacial score (nSPS) is 10.6. The molecule has 2 aromatic carbocycles. The number of fused-ring (bicyclic) bond motifs is 1. The number of ether oxygens (including phenoxy) is 1. The Hall–Kier alpha value is -3.28. The zero-order valence-corrected chi connectivity index (χ0v) is 15.1. The van der Waals surface area contributed by atoms with Crippen LogP contribution >= 0.6 is 0 Å². The monoisotopic (exact) mass is 366 g/mol. The predicted octanol–water partition coefficient (Wildman–Crippen LogP) is 4.04. The van der Waals surface area contributed by atoms with E-state index < -0.39 is 24.3 Å². The van der Waals surface area contributed by atoms with E-state index in [1.54, 1.807) is 25.1 Å². The van der Waals surface area contributed by atoms with Crippen molar-refractivity contribution in [2.45, 2.75) is 20.3 Å². The molecule has 0 bridgehead atoms. The van der Waals surface area contributed by atoms with Crippen LogP contribution in [0.5, 0.6) is 0 Å². The second-order valence-corrected chi connectivity index (χ2v) is 6.14. The molecule has 0 saturated heterocycles. The van der Waals surface area contributed by atoms with E-state index in [2.05, 4.69) is 10.3 Å². The topological polar surface area (TPSA) is 68.3 Å². The fourth-order valence-electron chi connectivity index (χ4n) is 2.72. The van der Waals surface area contributed by atoms with Gasteiger partial charge in [0.2, 0.25) is 0 Å². The first-order valence-corrected chi connectivity index (χ1v) is 8.59. The highest BCUT2D eigenvalue weighted by molar-refractivity contribution is 5.98. The van der Waals surface area contributed by atoms with Crippen molar-refractivity contribution in [1.29, 1.82) is 0 Å². The van der Waals surface area contributed by atoms with Crippen LogP contribution in [0, 0.1) is 12.7 Å². The molecule has 6 heteroatoms. The number of anilines is 1. The summed E-state index contributed by atoms with van der Waals surface area (Å²) in [7, 11) is 0. The largest absolute Gasteiger partial charge is 0.452 e. The maximum atomic E-state index is 13.3. The number of pyridine rings is 1. The minimum Gasteiger partial charge on any atom is -0.452 e. The molecule has 0 unspecified atom stereocenters. The van der Waals surface area contributed by atoms with Crippen LogP contribution in [0.25, 0.3) is 10.9 Å². The van der Waals surface area contributed by atoms with Gasteiger partial charge in [-0.1, -0.05) is 19.1 Å². The number of aryl methyl sites for hydroxylation is 2. The van der Waals surface area contributed by atoms with Gasteiger partial charge in [0.25, 0.3) is 5.91 Å². The number of nitrogens with zero attached hydrogens (tertiary/aromatic N) is 1. The molecule has 1 aromatic heterocycles. The van der Waals surface area contributed by atoms with Crippen molar-refractivity contribution >= 4 is 28.5 Å². The highest BCUT2D eigenvalue weighted by atomic mass is 19.1. The second-order valence-electron chi connectivity index (χ2n) is 6.14. The summed E-state index contributed by atoms with van der Waals surface area (Å²) in [6.07, 6.45) is 0.858. The zero-order chi connectivity index (χ0) is 19.4. The standard InChI is InChI=1S/C21H19FN2O3/c1-3-14-5-4-6-17(9-14)24-20(25)12-27-21(26)18-10-15-7-8-16(22)11-19(15)23-13(18)2/h4-11H,3,12H2,1-2H3,(H,24,25). The molecule has 0 aliphatic heterocycles. The van der Waals surface area contributed by atoms with E-state index in [4.69, 9.17) is 4.74 Å². The summed E-state index contributed by atoms with van der Waals surface area (Å²) in [5, 5.41) is 3.32. The van der Waals surface area contributed by atoms with Crippen LogP contribution in [0.1, 0.15) is 28.5 Å². The lowest BCUT2D eigenvalue weighted by Crippen LogP contribution is -2.21. The maximum Gasteiger partial charge on any atom is 0.340 e. The summed E-state index contributed by atoms with van der Waals surface area (Å²) in [5.41, 5.74) is 2.86. The molecule has 0 radical (unpaired) electrons. The molecule has 27 heavy (non-hydrogen) atoms. The summed E-state index contributed by atoms with van der Waals surface area (Å²) in [6.45, 7) is 3.25. The zero-order valence-electron chi connectivity index (χ0n) is 15.1. The number of esters is 1. The summed E-state index contributed by atoms with van der Waals surface area (Å²) < 4.78 is 18.4. The van der Waals surface area contributed by atoms with Crippen LogP contribution in [0.4, 0.5) is 10.1 Å². The Kier molecular flexibility index (Phi) is 5.45. The molecule has 0 atom stereocenters. The Morgan fingerprint density at radius 3 is 2.74 bits per heavy atom. The summed E-state index contributed by atoms with van der Waals surface area (Å²) >= 11 is 0. The minimum atomic E-state index is -0.649. The lowest BCUT2D eigenvalue weighted by molar-refractivity contribution is -0.119. The van der Waals surface area contributed by atoms with Gasteiger partial charge in [-0.05, 0) is 49.2 Å². The summed E-state index contributed by atoms with van der Waals surface area (Å²) in [6, 6.07) is 13.2. The number of nitrogens with one attached hydrogen (secondary N) is 1. The Bertz CT molecular complexity index is 1020. The quantitative estimate of drug-likeness (QED) is 0.692. The van der Waals surface area contributed by atoms with E-state index in [1.165, 1.54) is 12.1 Å². The van der Waals surface area contributed by atoms with Crippen molar-refractivity contribution in [2.24, 2.45) is 0 Å². The second kappa shape index (κ2) is 7.95. The first-order valence-electron chi connectivity index (χ1n) is 8.59. The van der Waals surface area contributed by atoms with Crippen molar-refractivity contribution in [2.75, 3.05) is 11.9 Å². The van der Waals surface area contributed by atoms with Crippen molar-refractivity contribution in [1.82, 2.24) is 4.98 Å². The molecular weight excluding hydrogens is 347 g/mol. The maximum absolute atomic E-state index is 13.3. The fraction of sp³-hybridized carbons (Fsp3) is 0.190. The Labute approximate surface area is 156 Å². The molecule has 3 aromatic rings. The first kappa shape index (κ1) is 18.5. The van der Waals surface area contributed by atoms with Gasteiger partial charge in [-0.3, -0.25) is 9.78 Å². The Morgan fingerprint density at radius 1 is 1.15 bits per heavy atom. The van der Waals surface area contributed by atoms with Gasteiger partial charge in [0, 0.05) is 17.1 Å². The van der Waals surface area contributed by atoms with Gasteiger partial charge in [-0.15, -0.1) is 0 Å². The van der Waals surface area contributed by atoms with Gasteiger partial charge in [-0.2, -0.15) is 0 Å². The van der Waals surface area contributed by atoms with Crippen LogP contribution in [0.15, 0.2) is 48.5 Å². The number of hydrogen-bond donors (Lipinski definition) is 1. The fourth-order valence-corrected chi connectivity index (χ4v) is 2.72. The number of benzene rings is 2. The molecule has 1 amide bonds. The van der Waals surface area contributed by atoms with E-state index in [-0.39, 0.29) is 5.56 Å². The molecule has 0 saturated carbocycles. The SMILES string of the molecule is CCc1cccc(NC(=O)COC(=O)c2cc3ccc(F)cc3nc2C)c1. The van der Waals surface area contributed by atoms with Gasteiger partial charge in [0.15, 0.2) is 6.61 Å². The van der Waals surface area contributed by atoms with Gasteiger partial charge in [0.05, 0.1) is 16.8 Å². The number of halogens is 1. The molecule has 0 fully saturated rings.